The van der Waals surface area contributed by atoms with Gasteiger partial charge in [0.1, 0.15) is 5.92 Å². The van der Waals surface area contributed by atoms with Gasteiger partial charge in [-0.15, -0.1) is 0 Å². The van der Waals surface area contributed by atoms with Crippen LogP contribution in [0.4, 0.5) is 0 Å². The third-order valence-corrected chi connectivity index (χ3v) is 4.09. The fraction of sp³-hybridized carbons (Fsp3) is 0.857. The average molecular weight is 250 g/mol. The van der Waals surface area contributed by atoms with Gasteiger partial charge in [0, 0.05) is 6.54 Å². The molecule has 3 atom stereocenters. The van der Waals surface area contributed by atoms with Crippen LogP contribution >= 0.6 is 0 Å². The van der Waals surface area contributed by atoms with E-state index in [1.54, 1.807) is 0 Å². The molecule has 1 heterocycles. The minimum Gasteiger partial charge on any atom is -0.374 e. The van der Waals surface area contributed by atoms with Crippen molar-refractivity contribution in [3.63, 3.8) is 0 Å². The van der Waals surface area contributed by atoms with Crippen LogP contribution < -0.4 is 0 Å². The molecule has 2 fully saturated rings. The Bertz CT molecular complexity index is 346. The van der Waals surface area contributed by atoms with Crippen molar-refractivity contribution in [2.75, 3.05) is 13.2 Å². The highest BCUT2D eigenvalue weighted by Gasteiger charge is 2.39. The normalized spacial score (nSPS) is 29.6. The lowest BCUT2D eigenvalue weighted by molar-refractivity contribution is -0.153. The molecule has 1 amide bonds. The second kappa shape index (κ2) is 5.71. The Morgan fingerprint density at radius 3 is 2.78 bits per heavy atom. The number of morpholine rings is 1. The van der Waals surface area contributed by atoms with Crippen molar-refractivity contribution < 1.29 is 9.53 Å². The van der Waals surface area contributed by atoms with E-state index in [-0.39, 0.29) is 24.0 Å². The van der Waals surface area contributed by atoms with Gasteiger partial charge in [-0.2, -0.15) is 5.26 Å². The van der Waals surface area contributed by atoms with Gasteiger partial charge in [0.15, 0.2) is 0 Å². The van der Waals surface area contributed by atoms with Gasteiger partial charge in [-0.3, -0.25) is 4.79 Å². The third-order valence-electron chi connectivity index (χ3n) is 4.09. The molecular formula is C14H22N2O2. The Kier molecular flexibility index (Phi) is 4.23. The van der Waals surface area contributed by atoms with Crippen molar-refractivity contribution in [3.8, 4) is 6.07 Å². The molecule has 1 saturated carbocycles. The Morgan fingerprint density at radius 1 is 1.39 bits per heavy atom. The monoisotopic (exact) mass is 250 g/mol. The molecule has 0 aromatic rings. The van der Waals surface area contributed by atoms with Crippen molar-refractivity contribution in [2.45, 2.75) is 51.7 Å². The van der Waals surface area contributed by atoms with Gasteiger partial charge >= 0.3 is 0 Å². The first-order chi connectivity index (χ1) is 8.65. The first-order valence-electron chi connectivity index (χ1n) is 6.97. The molecule has 2 aliphatic rings. The van der Waals surface area contributed by atoms with Gasteiger partial charge in [-0.25, -0.2) is 0 Å². The lowest BCUT2D eigenvalue weighted by Crippen LogP contribution is -2.56. The summed E-state index contributed by atoms with van der Waals surface area (Å²) in [7, 11) is 0. The smallest absolute Gasteiger partial charge is 0.240 e. The molecule has 0 N–H and O–H groups in total. The van der Waals surface area contributed by atoms with E-state index in [1.165, 1.54) is 6.42 Å². The summed E-state index contributed by atoms with van der Waals surface area (Å²) in [5.41, 5.74) is 0. The van der Waals surface area contributed by atoms with Crippen molar-refractivity contribution >= 4 is 5.91 Å². The number of amides is 1. The van der Waals surface area contributed by atoms with Crippen molar-refractivity contribution in [1.29, 1.82) is 5.26 Å². The van der Waals surface area contributed by atoms with Crippen molar-refractivity contribution in [1.82, 2.24) is 4.90 Å². The number of carbonyl (C=O) groups excluding carboxylic acids is 1. The van der Waals surface area contributed by atoms with Crippen LogP contribution in [0, 0.1) is 23.2 Å². The maximum absolute atomic E-state index is 12.5. The molecule has 4 heteroatoms. The predicted molar refractivity (Wildman–Crippen MR) is 67.7 cm³/mol. The zero-order valence-electron chi connectivity index (χ0n) is 11.3. The first-order valence-corrected chi connectivity index (χ1v) is 6.97. The van der Waals surface area contributed by atoms with Gasteiger partial charge in [0.05, 0.1) is 24.8 Å². The Labute approximate surface area is 109 Å². The number of nitriles is 1. The molecule has 0 aromatic carbocycles. The summed E-state index contributed by atoms with van der Waals surface area (Å²) in [6.45, 7) is 5.13. The van der Waals surface area contributed by atoms with Crippen LogP contribution in [0.1, 0.15) is 39.5 Å². The molecule has 1 saturated heterocycles. The van der Waals surface area contributed by atoms with E-state index in [1.807, 2.05) is 18.7 Å². The number of nitrogens with zero attached hydrogens (tertiary/aromatic N) is 2. The van der Waals surface area contributed by atoms with Crippen LogP contribution in [-0.4, -0.2) is 36.1 Å². The van der Waals surface area contributed by atoms with E-state index < -0.39 is 5.92 Å². The SMILES string of the molecule is CC(C)C(C#N)C(=O)N1CCOC2CCCCC21. The van der Waals surface area contributed by atoms with Crippen LogP contribution in [-0.2, 0) is 9.53 Å². The van der Waals surface area contributed by atoms with Gasteiger partial charge in [0.2, 0.25) is 5.91 Å². The number of carbonyl (C=O) groups is 1. The highest BCUT2D eigenvalue weighted by atomic mass is 16.5. The van der Waals surface area contributed by atoms with E-state index in [0.717, 1.165) is 19.3 Å². The van der Waals surface area contributed by atoms with Crippen molar-refractivity contribution in [2.24, 2.45) is 11.8 Å². The van der Waals surface area contributed by atoms with Gasteiger partial charge in [-0.1, -0.05) is 26.7 Å². The molecule has 1 aliphatic heterocycles. The number of hydrogen-bond acceptors (Lipinski definition) is 3. The molecule has 100 valence electrons. The number of hydrogen-bond donors (Lipinski definition) is 0. The van der Waals surface area contributed by atoms with E-state index in [4.69, 9.17) is 10.00 Å². The van der Waals surface area contributed by atoms with E-state index >= 15 is 0 Å². The van der Waals surface area contributed by atoms with Gasteiger partial charge in [-0.05, 0) is 18.8 Å². The molecule has 2 rings (SSSR count). The highest BCUT2D eigenvalue weighted by molar-refractivity contribution is 5.82. The molecule has 0 radical (unpaired) electrons. The van der Waals surface area contributed by atoms with E-state index in [2.05, 4.69) is 6.07 Å². The quantitative estimate of drug-likeness (QED) is 0.752. The molecule has 0 spiro atoms. The third kappa shape index (κ3) is 2.51. The Hall–Kier alpha value is -1.08. The summed E-state index contributed by atoms with van der Waals surface area (Å²) < 4.78 is 5.76. The number of fused-ring (bicyclic) bond motifs is 1. The molecule has 3 unspecified atom stereocenters. The van der Waals surface area contributed by atoms with Crippen LogP contribution in [0.15, 0.2) is 0 Å². The number of rotatable bonds is 2. The van der Waals surface area contributed by atoms with E-state index in [9.17, 15) is 4.79 Å². The average Bonchev–Trinajstić information content (AvgIpc) is 2.38. The second-order valence-corrected chi connectivity index (χ2v) is 5.64. The zero-order valence-corrected chi connectivity index (χ0v) is 11.3. The maximum Gasteiger partial charge on any atom is 0.240 e. The van der Waals surface area contributed by atoms with Crippen LogP contribution in [0.3, 0.4) is 0 Å². The zero-order chi connectivity index (χ0) is 13.1. The lowest BCUT2D eigenvalue weighted by Gasteiger charge is -2.44. The van der Waals surface area contributed by atoms with Gasteiger partial charge < -0.3 is 9.64 Å². The minimum atomic E-state index is -0.509. The standard InChI is InChI=1S/C14H22N2O2/c1-10(2)11(9-15)14(17)16-7-8-18-13-6-4-3-5-12(13)16/h10-13H,3-8H2,1-2H3. The van der Waals surface area contributed by atoms with Crippen LogP contribution in [0.5, 0.6) is 0 Å². The minimum absolute atomic E-state index is 0.00713. The summed E-state index contributed by atoms with van der Waals surface area (Å²) in [6.07, 6.45) is 4.62. The van der Waals surface area contributed by atoms with Crippen LogP contribution in [0.25, 0.3) is 0 Å². The molecule has 18 heavy (non-hydrogen) atoms. The molecule has 0 aromatic heterocycles. The summed E-state index contributed by atoms with van der Waals surface area (Å²) in [5.74, 6) is -0.425. The fourth-order valence-corrected chi connectivity index (χ4v) is 3.04. The molecular weight excluding hydrogens is 228 g/mol. The van der Waals surface area contributed by atoms with E-state index in [0.29, 0.717) is 13.2 Å². The van der Waals surface area contributed by atoms with Crippen molar-refractivity contribution in [3.05, 3.63) is 0 Å². The Balaban J connectivity index is 2.11. The molecule has 4 nitrogen and oxygen atoms in total. The summed E-state index contributed by atoms with van der Waals surface area (Å²) >= 11 is 0. The maximum atomic E-state index is 12.5. The predicted octanol–water partition coefficient (Wildman–Crippen LogP) is 1.95. The fourth-order valence-electron chi connectivity index (χ4n) is 3.04. The second-order valence-electron chi connectivity index (χ2n) is 5.64. The summed E-state index contributed by atoms with van der Waals surface area (Å²) in [5, 5.41) is 9.16. The first kappa shape index (κ1) is 13.4. The topological polar surface area (TPSA) is 53.3 Å². The summed E-state index contributed by atoms with van der Waals surface area (Å²) in [6, 6.07) is 2.37. The molecule has 0 bridgehead atoms. The largest absolute Gasteiger partial charge is 0.374 e. The van der Waals surface area contributed by atoms with Crippen LogP contribution in [0.2, 0.25) is 0 Å². The highest BCUT2D eigenvalue weighted by Crippen LogP contribution is 2.30. The Morgan fingerprint density at radius 2 is 2.11 bits per heavy atom. The lowest BCUT2D eigenvalue weighted by atomic mass is 9.88. The summed E-state index contributed by atoms with van der Waals surface area (Å²) in [4.78, 5) is 14.4. The number of ether oxygens (including phenoxy) is 1. The van der Waals surface area contributed by atoms with Gasteiger partial charge in [0.25, 0.3) is 0 Å². The molecule has 1 aliphatic carbocycles.